The van der Waals surface area contributed by atoms with Crippen molar-refractivity contribution < 1.29 is 4.79 Å². The largest absolute Gasteiger partial charge is 0.323 e. The summed E-state index contributed by atoms with van der Waals surface area (Å²) in [7, 11) is 0. The number of rotatable bonds is 3. The van der Waals surface area contributed by atoms with Crippen LogP contribution in [0.15, 0.2) is 30.0 Å². The van der Waals surface area contributed by atoms with Gasteiger partial charge in [-0.3, -0.25) is 0 Å². The lowest BCUT2D eigenvalue weighted by atomic mass is 9.98. The minimum atomic E-state index is -0.201. The van der Waals surface area contributed by atoms with Crippen LogP contribution in [-0.4, -0.2) is 6.03 Å². The maximum absolute atomic E-state index is 11.8. The molecule has 0 bridgehead atoms. The quantitative estimate of drug-likeness (QED) is 0.826. The number of hydrogen-bond donors (Lipinski definition) is 2. The molecule has 2 amide bonds. The van der Waals surface area contributed by atoms with Crippen LogP contribution in [-0.2, 0) is 0 Å². The molecule has 1 aromatic rings. The summed E-state index contributed by atoms with van der Waals surface area (Å²) >= 11 is 0. The monoisotopic (exact) mass is 246 g/mol. The predicted octanol–water partition coefficient (Wildman–Crippen LogP) is 4.16. The van der Waals surface area contributed by atoms with Gasteiger partial charge in [0.05, 0.1) is 0 Å². The topological polar surface area (TPSA) is 41.1 Å². The first-order valence-corrected chi connectivity index (χ1v) is 6.22. The van der Waals surface area contributed by atoms with Crippen molar-refractivity contribution >= 4 is 11.7 Å². The minimum Gasteiger partial charge on any atom is -0.314 e. The zero-order chi connectivity index (χ0) is 13.7. The van der Waals surface area contributed by atoms with Crippen molar-refractivity contribution in [2.24, 2.45) is 0 Å². The Morgan fingerprint density at radius 1 is 1.28 bits per heavy atom. The summed E-state index contributed by atoms with van der Waals surface area (Å²) in [4.78, 5) is 11.8. The van der Waals surface area contributed by atoms with Crippen molar-refractivity contribution in [2.75, 3.05) is 5.32 Å². The number of urea groups is 1. The molecular weight excluding hydrogens is 224 g/mol. The molecule has 0 spiro atoms. The van der Waals surface area contributed by atoms with Gasteiger partial charge in [0.25, 0.3) is 0 Å². The van der Waals surface area contributed by atoms with Gasteiger partial charge in [0.2, 0.25) is 0 Å². The molecule has 0 saturated heterocycles. The molecule has 1 rings (SSSR count). The Hall–Kier alpha value is -1.77. The van der Waals surface area contributed by atoms with Crippen LogP contribution in [0.1, 0.15) is 44.7 Å². The van der Waals surface area contributed by atoms with E-state index in [1.54, 1.807) is 6.20 Å². The number of para-hydroxylation sites is 1. The summed E-state index contributed by atoms with van der Waals surface area (Å²) in [5.74, 6) is 0.378. The molecule has 0 fully saturated rings. The third kappa shape index (κ3) is 3.91. The minimum absolute atomic E-state index is 0.201. The molecular formula is C15H22N2O. The first-order chi connectivity index (χ1) is 8.41. The molecule has 0 aromatic heterocycles. The van der Waals surface area contributed by atoms with Crippen molar-refractivity contribution in [3.63, 3.8) is 0 Å². The molecule has 3 heteroatoms. The Morgan fingerprint density at radius 2 is 1.94 bits per heavy atom. The highest BCUT2D eigenvalue weighted by Crippen LogP contribution is 2.27. The van der Waals surface area contributed by atoms with Crippen LogP contribution in [0.5, 0.6) is 0 Å². The second-order valence-electron chi connectivity index (χ2n) is 5.01. The van der Waals surface area contributed by atoms with Crippen molar-refractivity contribution in [1.29, 1.82) is 0 Å². The first kappa shape index (κ1) is 14.3. The van der Waals surface area contributed by atoms with Crippen LogP contribution < -0.4 is 10.6 Å². The smallest absolute Gasteiger partial charge is 0.314 e. The van der Waals surface area contributed by atoms with Gasteiger partial charge in [0.1, 0.15) is 0 Å². The zero-order valence-electron chi connectivity index (χ0n) is 11.8. The summed E-state index contributed by atoms with van der Waals surface area (Å²) < 4.78 is 0. The summed E-state index contributed by atoms with van der Waals surface area (Å²) in [6.45, 7) is 10.1. The molecule has 0 radical (unpaired) electrons. The van der Waals surface area contributed by atoms with Gasteiger partial charge in [-0.05, 0) is 37.8 Å². The van der Waals surface area contributed by atoms with Crippen LogP contribution in [0, 0.1) is 6.92 Å². The fourth-order valence-corrected chi connectivity index (χ4v) is 1.70. The second-order valence-corrected chi connectivity index (χ2v) is 5.01. The average molecular weight is 246 g/mol. The number of hydrogen-bond acceptors (Lipinski definition) is 1. The molecule has 0 saturated carbocycles. The number of carbonyl (C=O) groups excluding carboxylic acids is 1. The van der Waals surface area contributed by atoms with Gasteiger partial charge in [-0.2, -0.15) is 0 Å². The molecule has 0 heterocycles. The van der Waals surface area contributed by atoms with Crippen LogP contribution >= 0.6 is 0 Å². The molecule has 98 valence electrons. The zero-order valence-corrected chi connectivity index (χ0v) is 11.8. The molecule has 0 atom stereocenters. The average Bonchev–Trinajstić information content (AvgIpc) is 2.28. The lowest BCUT2D eigenvalue weighted by Gasteiger charge is -2.16. The summed E-state index contributed by atoms with van der Waals surface area (Å²) in [6.07, 6.45) is 1.70. The fourth-order valence-electron chi connectivity index (χ4n) is 1.70. The third-order valence-electron chi connectivity index (χ3n) is 2.66. The second kappa shape index (κ2) is 6.24. The number of anilines is 1. The van der Waals surface area contributed by atoms with Gasteiger partial charge in [0.15, 0.2) is 0 Å². The fraction of sp³-hybridized carbons (Fsp3) is 0.400. The molecule has 0 unspecified atom stereocenters. The Kier molecular flexibility index (Phi) is 4.95. The Bertz CT molecular complexity index is 458. The van der Waals surface area contributed by atoms with Crippen LogP contribution in [0.3, 0.4) is 0 Å². The summed E-state index contributed by atoms with van der Waals surface area (Å²) in [5.41, 5.74) is 4.20. The Morgan fingerprint density at radius 3 is 2.50 bits per heavy atom. The van der Waals surface area contributed by atoms with E-state index in [0.29, 0.717) is 5.92 Å². The van der Waals surface area contributed by atoms with Crippen molar-refractivity contribution in [3.05, 3.63) is 41.1 Å². The van der Waals surface area contributed by atoms with E-state index in [1.165, 1.54) is 0 Å². The van der Waals surface area contributed by atoms with Crippen LogP contribution in [0.2, 0.25) is 0 Å². The van der Waals surface area contributed by atoms with Gasteiger partial charge in [0, 0.05) is 11.9 Å². The SMILES string of the molecule is CC(C)=CNC(=O)Nc1c(C)cccc1C(C)C. The maximum Gasteiger partial charge on any atom is 0.323 e. The number of aryl methyl sites for hydroxylation is 1. The normalized spacial score (nSPS) is 10.1. The first-order valence-electron chi connectivity index (χ1n) is 6.22. The lowest BCUT2D eigenvalue weighted by molar-refractivity contribution is 0.255. The predicted molar refractivity (Wildman–Crippen MR) is 76.9 cm³/mol. The summed E-state index contributed by atoms with van der Waals surface area (Å²) in [6, 6.07) is 5.87. The van der Waals surface area contributed by atoms with E-state index in [1.807, 2.05) is 39.0 Å². The lowest BCUT2D eigenvalue weighted by Crippen LogP contribution is -2.25. The number of benzene rings is 1. The highest BCUT2D eigenvalue weighted by atomic mass is 16.2. The van der Waals surface area contributed by atoms with Gasteiger partial charge in [-0.25, -0.2) is 4.79 Å². The standard InChI is InChI=1S/C15H22N2O/c1-10(2)9-16-15(18)17-14-12(5)7-6-8-13(14)11(3)4/h6-9,11H,1-5H3,(H2,16,17,18). The molecule has 1 aromatic carbocycles. The van der Waals surface area contributed by atoms with E-state index in [0.717, 1.165) is 22.4 Å². The molecule has 0 aliphatic rings. The van der Waals surface area contributed by atoms with Gasteiger partial charge < -0.3 is 10.6 Å². The van der Waals surface area contributed by atoms with E-state index >= 15 is 0 Å². The Labute approximate surface area is 109 Å². The van der Waals surface area contributed by atoms with Crippen LogP contribution in [0.4, 0.5) is 10.5 Å². The number of amides is 2. The molecule has 3 nitrogen and oxygen atoms in total. The van der Waals surface area contributed by atoms with Gasteiger partial charge >= 0.3 is 6.03 Å². The Balaban J connectivity index is 2.90. The van der Waals surface area contributed by atoms with Crippen LogP contribution in [0.25, 0.3) is 0 Å². The van der Waals surface area contributed by atoms with Gasteiger partial charge in [-0.1, -0.05) is 37.6 Å². The highest BCUT2D eigenvalue weighted by molar-refractivity contribution is 5.91. The summed E-state index contributed by atoms with van der Waals surface area (Å²) in [5, 5.41) is 5.63. The highest BCUT2D eigenvalue weighted by Gasteiger charge is 2.10. The van der Waals surface area contributed by atoms with E-state index in [9.17, 15) is 4.79 Å². The number of allylic oxidation sites excluding steroid dienone is 1. The van der Waals surface area contributed by atoms with E-state index < -0.39 is 0 Å². The van der Waals surface area contributed by atoms with Crippen molar-refractivity contribution in [3.8, 4) is 0 Å². The molecule has 0 aliphatic carbocycles. The molecule has 2 N–H and O–H groups in total. The van der Waals surface area contributed by atoms with E-state index in [2.05, 4.69) is 24.5 Å². The number of nitrogens with one attached hydrogen (secondary N) is 2. The maximum atomic E-state index is 11.8. The number of carbonyl (C=O) groups is 1. The van der Waals surface area contributed by atoms with Gasteiger partial charge in [-0.15, -0.1) is 0 Å². The van der Waals surface area contributed by atoms with Crippen molar-refractivity contribution in [2.45, 2.75) is 40.5 Å². The van der Waals surface area contributed by atoms with E-state index in [4.69, 9.17) is 0 Å². The molecule has 18 heavy (non-hydrogen) atoms. The third-order valence-corrected chi connectivity index (χ3v) is 2.66. The van der Waals surface area contributed by atoms with Crippen molar-refractivity contribution in [1.82, 2.24) is 5.32 Å². The van der Waals surface area contributed by atoms with E-state index in [-0.39, 0.29) is 6.03 Å². The molecule has 0 aliphatic heterocycles.